The third-order valence-electron chi connectivity index (χ3n) is 5.00. The second kappa shape index (κ2) is 8.78. The number of rotatable bonds is 7. The summed E-state index contributed by atoms with van der Waals surface area (Å²) in [5, 5.41) is 0.619. The maximum Gasteiger partial charge on any atom is 0.416 e. The van der Waals surface area contributed by atoms with Gasteiger partial charge in [-0.15, -0.1) is 11.3 Å². The smallest absolute Gasteiger partial charge is 0.416 e. The first-order chi connectivity index (χ1) is 15.7. The van der Waals surface area contributed by atoms with E-state index in [0.717, 1.165) is 17.4 Å². The fourth-order valence-corrected chi connectivity index (χ4v) is 4.40. The number of thiophene rings is 1. The van der Waals surface area contributed by atoms with Crippen molar-refractivity contribution in [3.05, 3.63) is 64.8 Å². The number of hydrogen-bond donors (Lipinski definition) is 0. The van der Waals surface area contributed by atoms with E-state index in [9.17, 15) is 18.0 Å². The fraction of sp³-hybridized carbons (Fsp3) is 0.217. The molecule has 10 heteroatoms. The molecule has 2 aromatic carbocycles. The molecule has 0 amide bonds. The molecule has 0 aliphatic heterocycles. The molecule has 0 aliphatic rings. The number of ether oxygens (including phenoxy) is 3. The Labute approximate surface area is 191 Å². The highest BCUT2D eigenvalue weighted by molar-refractivity contribution is 7.16. The molecular formula is C23H19F3N2O4S. The van der Waals surface area contributed by atoms with E-state index in [0.29, 0.717) is 32.4 Å². The molecule has 0 aliphatic carbocycles. The minimum absolute atomic E-state index is 0.0165. The van der Waals surface area contributed by atoms with Crippen molar-refractivity contribution >= 4 is 28.2 Å². The van der Waals surface area contributed by atoms with Crippen LogP contribution < -0.4 is 14.2 Å². The molecule has 0 N–H and O–H groups in total. The van der Waals surface area contributed by atoms with Gasteiger partial charge < -0.3 is 14.2 Å². The number of hydrogen-bond acceptors (Lipinski definition) is 6. The van der Waals surface area contributed by atoms with Gasteiger partial charge in [-0.1, -0.05) is 18.2 Å². The lowest BCUT2D eigenvalue weighted by molar-refractivity contribution is -0.138. The van der Waals surface area contributed by atoms with E-state index in [2.05, 4.69) is 4.98 Å². The Morgan fingerprint density at radius 1 is 1.06 bits per heavy atom. The first-order valence-electron chi connectivity index (χ1n) is 9.75. The maximum atomic E-state index is 13.3. The number of benzene rings is 2. The monoisotopic (exact) mass is 476 g/mol. The molecule has 2 heterocycles. The first kappa shape index (κ1) is 22.7. The molecule has 4 rings (SSSR count). The molecular weight excluding hydrogens is 457 g/mol. The summed E-state index contributed by atoms with van der Waals surface area (Å²) in [6.45, 7) is 1.05. The van der Waals surface area contributed by atoms with E-state index >= 15 is 0 Å². The summed E-state index contributed by atoms with van der Waals surface area (Å²) in [5.41, 5.74) is 0.564. The molecule has 0 fully saturated rings. The Balaban J connectivity index is 1.71. The van der Waals surface area contributed by atoms with Crippen molar-refractivity contribution in [2.24, 2.45) is 0 Å². The lowest BCUT2D eigenvalue weighted by Crippen LogP contribution is -2.11. The molecule has 0 saturated carbocycles. The van der Waals surface area contributed by atoms with Gasteiger partial charge in [-0.3, -0.25) is 9.36 Å². The van der Waals surface area contributed by atoms with Gasteiger partial charge >= 0.3 is 6.18 Å². The summed E-state index contributed by atoms with van der Waals surface area (Å²) in [4.78, 5) is 16.9. The molecule has 4 aromatic rings. The van der Waals surface area contributed by atoms with Gasteiger partial charge in [-0.05, 0) is 6.07 Å². The number of nitrogens with zero attached hydrogens (tertiary/aromatic N) is 2. The van der Waals surface area contributed by atoms with E-state index in [1.165, 1.54) is 39.3 Å². The van der Waals surface area contributed by atoms with Crippen molar-refractivity contribution in [1.82, 2.24) is 9.55 Å². The van der Waals surface area contributed by atoms with Gasteiger partial charge in [0, 0.05) is 30.7 Å². The van der Waals surface area contributed by atoms with Gasteiger partial charge in [0.15, 0.2) is 17.3 Å². The Morgan fingerprint density at radius 2 is 1.76 bits per heavy atom. The predicted octanol–water partition coefficient (Wildman–Crippen LogP) is 5.90. The fourth-order valence-electron chi connectivity index (χ4n) is 3.42. The van der Waals surface area contributed by atoms with Crippen LogP contribution in [0.3, 0.4) is 0 Å². The molecule has 2 aromatic heterocycles. The number of methoxy groups -OCH3 is 2. The quantitative estimate of drug-likeness (QED) is 0.311. The Hall–Kier alpha value is -3.53. The van der Waals surface area contributed by atoms with Crippen molar-refractivity contribution < 1.29 is 32.2 Å². The highest BCUT2D eigenvalue weighted by Gasteiger charge is 2.33. The van der Waals surface area contributed by atoms with Crippen LogP contribution in [0.5, 0.6) is 17.2 Å². The van der Waals surface area contributed by atoms with Crippen LogP contribution in [0.25, 0.3) is 16.0 Å². The molecule has 172 valence electrons. The third-order valence-corrected chi connectivity index (χ3v) is 6.22. The van der Waals surface area contributed by atoms with Crippen LogP contribution in [0.1, 0.15) is 27.7 Å². The zero-order valence-electron chi connectivity index (χ0n) is 17.9. The molecule has 0 radical (unpaired) electrons. The summed E-state index contributed by atoms with van der Waals surface area (Å²) < 4.78 is 58.0. The van der Waals surface area contributed by atoms with Crippen molar-refractivity contribution in [3.63, 3.8) is 0 Å². The zero-order valence-corrected chi connectivity index (χ0v) is 18.7. The molecule has 0 unspecified atom stereocenters. The number of Topliss-reactive ketones (excluding diaryl/α,β-unsaturated/α-hetero) is 1. The Morgan fingerprint density at radius 3 is 2.42 bits per heavy atom. The number of imidazole rings is 1. The van der Waals surface area contributed by atoms with Gasteiger partial charge in [-0.2, -0.15) is 13.2 Å². The summed E-state index contributed by atoms with van der Waals surface area (Å²) in [6, 6.07) is 10.3. The van der Waals surface area contributed by atoms with Crippen LogP contribution in [-0.4, -0.2) is 29.6 Å². The van der Waals surface area contributed by atoms with Gasteiger partial charge in [0.25, 0.3) is 0 Å². The summed E-state index contributed by atoms with van der Waals surface area (Å²) in [6.07, 6.45) is -2.92. The van der Waals surface area contributed by atoms with Crippen molar-refractivity contribution in [1.29, 1.82) is 0 Å². The lowest BCUT2D eigenvalue weighted by atomic mass is 10.1. The number of ketones is 1. The van der Waals surface area contributed by atoms with E-state index in [1.54, 1.807) is 29.1 Å². The zero-order chi connectivity index (χ0) is 23.8. The topological polar surface area (TPSA) is 62.6 Å². The number of carbonyl (C=O) groups is 1. The van der Waals surface area contributed by atoms with Crippen LogP contribution in [0.15, 0.2) is 48.8 Å². The van der Waals surface area contributed by atoms with Crippen LogP contribution in [0, 0.1) is 0 Å². The Kier molecular flexibility index (Phi) is 6.03. The van der Waals surface area contributed by atoms with Gasteiger partial charge in [0.1, 0.15) is 28.6 Å². The minimum Gasteiger partial charge on any atom is -0.493 e. The van der Waals surface area contributed by atoms with Gasteiger partial charge in [-0.25, -0.2) is 4.98 Å². The second-order valence-electron chi connectivity index (χ2n) is 7.09. The molecule has 33 heavy (non-hydrogen) atoms. The van der Waals surface area contributed by atoms with Crippen LogP contribution in [0.4, 0.5) is 13.2 Å². The number of halogens is 3. The average Bonchev–Trinajstić information content (AvgIpc) is 3.39. The number of aromatic nitrogens is 2. The minimum atomic E-state index is -4.50. The molecule has 0 atom stereocenters. The van der Waals surface area contributed by atoms with Crippen molar-refractivity contribution in [2.45, 2.75) is 19.7 Å². The van der Waals surface area contributed by atoms with E-state index in [-0.39, 0.29) is 23.7 Å². The first-order valence-corrected chi connectivity index (χ1v) is 10.6. The van der Waals surface area contributed by atoms with E-state index in [1.807, 2.05) is 0 Å². The molecule has 0 saturated heterocycles. The van der Waals surface area contributed by atoms with Gasteiger partial charge in [0.2, 0.25) is 0 Å². The van der Waals surface area contributed by atoms with Crippen LogP contribution in [-0.2, 0) is 12.8 Å². The molecule has 6 nitrogen and oxygen atoms in total. The van der Waals surface area contributed by atoms with Crippen LogP contribution in [0.2, 0.25) is 0 Å². The number of fused-ring (bicyclic) bond motifs is 1. The predicted molar refractivity (Wildman–Crippen MR) is 118 cm³/mol. The SMILES string of the molecule is COc1cc2ncn(-c3cc(OCc4ccccc4C(F)(F)F)c(C(C)=O)s3)c2cc1OC. The standard InChI is InChI=1S/C23H19F3N2O4S/c1-13(29)22-20(32-11-14-6-4-5-7-15(14)23(24,25)26)10-21(33-22)28-12-27-16-8-18(30-2)19(31-3)9-17(16)28/h4-10,12H,11H2,1-3H3. The lowest BCUT2D eigenvalue weighted by Gasteiger charge is -2.13. The number of carbonyl (C=O) groups excluding carboxylic acids is 1. The second-order valence-corrected chi connectivity index (χ2v) is 8.12. The van der Waals surface area contributed by atoms with E-state index < -0.39 is 11.7 Å². The van der Waals surface area contributed by atoms with Crippen molar-refractivity contribution in [2.75, 3.05) is 14.2 Å². The van der Waals surface area contributed by atoms with Crippen LogP contribution >= 0.6 is 11.3 Å². The summed E-state index contributed by atoms with van der Waals surface area (Å²) in [7, 11) is 3.05. The third kappa shape index (κ3) is 4.38. The highest BCUT2D eigenvalue weighted by Crippen LogP contribution is 2.38. The highest BCUT2D eigenvalue weighted by atomic mass is 32.1. The Bertz CT molecular complexity index is 1330. The maximum absolute atomic E-state index is 13.3. The normalized spacial score (nSPS) is 11.6. The molecule has 0 bridgehead atoms. The van der Waals surface area contributed by atoms with Gasteiger partial charge in [0.05, 0.1) is 30.8 Å². The number of alkyl halides is 3. The molecule has 0 spiro atoms. The largest absolute Gasteiger partial charge is 0.493 e. The van der Waals surface area contributed by atoms with E-state index in [4.69, 9.17) is 14.2 Å². The summed E-state index contributed by atoms with van der Waals surface area (Å²) in [5.74, 6) is 0.990. The summed E-state index contributed by atoms with van der Waals surface area (Å²) >= 11 is 1.16. The average molecular weight is 476 g/mol. The van der Waals surface area contributed by atoms with Crippen molar-refractivity contribution in [3.8, 4) is 22.2 Å².